The van der Waals surface area contributed by atoms with Gasteiger partial charge in [-0.2, -0.15) is 4.39 Å². The predicted octanol–water partition coefficient (Wildman–Crippen LogP) is 4.74. The van der Waals surface area contributed by atoms with Crippen molar-refractivity contribution in [3.05, 3.63) is 33.4 Å². The van der Waals surface area contributed by atoms with Crippen LogP contribution < -0.4 is 0 Å². The second kappa shape index (κ2) is 3.55. The van der Waals surface area contributed by atoms with Gasteiger partial charge in [0.15, 0.2) is 5.13 Å². The lowest BCUT2D eigenvalue weighted by molar-refractivity contribution is 0.151. The number of thiophene rings is 1. The Morgan fingerprint density at radius 3 is 2.57 bits per heavy atom. The number of benzene rings is 1. The smallest absolute Gasteiger partial charge is 0.205 e. The molecule has 1 aromatic heterocycles. The minimum absolute atomic E-state index is 0.0915. The number of halogens is 4. The fraction of sp³-hybridized carbons (Fsp3) is 0.111. The van der Waals surface area contributed by atoms with E-state index in [1.165, 1.54) is 18.2 Å². The summed E-state index contributed by atoms with van der Waals surface area (Å²) in [5, 5.41) is 0.268. The number of hydrogen-bond donors (Lipinski definition) is 0. The average Bonchev–Trinajstić information content (AvgIpc) is 2.45. The van der Waals surface area contributed by atoms with E-state index in [9.17, 15) is 13.2 Å². The van der Waals surface area contributed by atoms with E-state index in [4.69, 9.17) is 0 Å². The van der Waals surface area contributed by atoms with Gasteiger partial charge in [0.05, 0.1) is 0 Å². The molecule has 0 aliphatic carbocycles. The molecule has 0 bridgehead atoms. The number of alkyl halides is 2. The lowest BCUT2D eigenvalue weighted by atomic mass is 10.2. The molecule has 0 saturated heterocycles. The number of fused-ring (bicyclic) bond motifs is 1. The van der Waals surface area contributed by atoms with Crippen LogP contribution in [-0.2, 0) is 0 Å². The van der Waals surface area contributed by atoms with Gasteiger partial charge in [-0.1, -0.05) is 15.9 Å². The van der Waals surface area contributed by atoms with Crippen molar-refractivity contribution < 1.29 is 13.2 Å². The lowest BCUT2D eigenvalue weighted by Crippen LogP contribution is -1.83. The Morgan fingerprint density at radius 1 is 1.21 bits per heavy atom. The lowest BCUT2D eigenvalue weighted by Gasteiger charge is -2.00. The van der Waals surface area contributed by atoms with Gasteiger partial charge in [0.25, 0.3) is 6.43 Å². The Morgan fingerprint density at radius 2 is 1.93 bits per heavy atom. The minimum atomic E-state index is -2.53. The van der Waals surface area contributed by atoms with Gasteiger partial charge in [0.1, 0.15) is 0 Å². The van der Waals surface area contributed by atoms with Crippen LogP contribution in [0.2, 0.25) is 0 Å². The van der Waals surface area contributed by atoms with Crippen molar-refractivity contribution in [2.75, 3.05) is 0 Å². The average molecular weight is 281 g/mol. The Labute approximate surface area is 90.5 Å². The van der Waals surface area contributed by atoms with Crippen LogP contribution in [0.5, 0.6) is 0 Å². The van der Waals surface area contributed by atoms with E-state index in [2.05, 4.69) is 15.9 Å². The van der Waals surface area contributed by atoms with Crippen LogP contribution in [-0.4, -0.2) is 0 Å². The molecule has 0 nitrogen and oxygen atoms in total. The quantitative estimate of drug-likeness (QED) is 0.708. The van der Waals surface area contributed by atoms with Crippen LogP contribution in [0, 0.1) is 5.13 Å². The van der Waals surface area contributed by atoms with Gasteiger partial charge in [-0.15, -0.1) is 11.3 Å². The van der Waals surface area contributed by atoms with Crippen LogP contribution in [0.25, 0.3) is 10.1 Å². The number of hydrogen-bond acceptors (Lipinski definition) is 1. The molecule has 2 aromatic rings. The van der Waals surface area contributed by atoms with E-state index in [1.54, 1.807) is 0 Å². The number of rotatable bonds is 1. The van der Waals surface area contributed by atoms with E-state index >= 15 is 0 Å². The normalized spacial score (nSPS) is 11.5. The maximum atomic E-state index is 12.8. The molecule has 74 valence electrons. The molecule has 0 saturated carbocycles. The molecule has 0 atom stereocenters. The fourth-order valence-electron chi connectivity index (χ4n) is 1.21. The highest BCUT2D eigenvalue weighted by atomic mass is 79.9. The molecule has 2 rings (SSSR count). The van der Waals surface area contributed by atoms with E-state index < -0.39 is 6.43 Å². The summed E-state index contributed by atoms with van der Waals surface area (Å²) in [6, 6.07) is 3.97. The van der Waals surface area contributed by atoms with Gasteiger partial charge in [-0.25, -0.2) is 8.78 Å². The van der Waals surface area contributed by atoms with Crippen molar-refractivity contribution in [3.63, 3.8) is 0 Å². The van der Waals surface area contributed by atoms with E-state index in [0.29, 0.717) is 14.6 Å². The van der Waals surface area contributed by atoms with E-state index in [-0.39, 0.29) is 10.7 Å². The zero-order valence-corrected chi connectivity index (χ0v) is 9.13. The topological polar surface area (TPSA) is 0 Å². The van der Waals surface area contributed by atoms with E-state index in [1.807, 2.05) is 0 Å². The van der Waals surface area contributed by atoms with Crippen molar-refractivity contribution in [2.24, 2.45) is 0 Å². The van der Waals surface area contributed by atoms with Crippen LogP contribution in [0.3, 0.4) is 0 Å². The molecule has 5 heteroatoms. The first-order valence-corrected chi connectivity index (χ1v) is 5.35. The largest absolute Gasteiger partial charge is 0.263 e. The third-order valence-electron chi connectivity index (χ3n) is 1.83. The molecule has 1 aromatic carbocycles. The monoisotopic (exact) mass is 280 g/mol. The molecule has 0 radical (unpaired) electrons. The van der Waals surface area contributed by atoms with Gasteiger partial charge >= 0.3 is 0 Å². The van der Waals surface area contributed by atoms with Crippen LogP contribution in [0.15, 0.2) is 22.7 Å². The van der Waals surface area contributed by atoms with Crippen molar-refractivity contribution in [2.45, 2.75) is 6.43 Å². The molecule has 0 amide bonds. The Kier molecular flexibility index (Phi) is 2.53. The molecule has 0 N–H and O–H groups in total. The summed E-state index contributed by atoms with van der Waals surface area (Å²) in [6.07, 6.45) is -2.53. The van der Waals surface area contributed by atoms with Crippen molar-refractivity contribution >= 4 is 37.4 Å². The Bertz CT molecular complexity index is 478. The van der Waals surface area contributed by atoms with Gasteiger partial charge in [0.2, 0.25) is 0 Å². The summed E-state index contributed by atoms with van der Waals surface area (Å²) in [7, 11) is 0. The first kappa shape index (κ1) is 9.98. The first-order chi connectivity index (χ1) is 6.58. The van der Waals surface area contributed by atoms with Crippen molar-refractivity contribution in [1.29, 1.82) is 0 Å². The molecule has 14 heavy (non-hydrogen) atoms. The summed E-state index contributed by atoms with van der Waals surface area (Å²) in [5.74, 6) is 0. The second-order valence-corrected chi connectivity index (χ2v) is 4.65. The maximum Gasteiger partial charge on any atom is 0.263 e. The molecular weight excluding hydrogens is 277 g/mol. The molecule has 1 heterocycles. The van der Waals surface area contributed by atoms with Crippen LogP contribution in [0.4, 0.5) is 13.2 Å². The van der Waals surface area contributed by atoms with Gasteiger partial charge in [0, 0.05) is 20.1 Å². The summed E-state index contributed by atoms with van der Waals surface area (Å²) in [5.41, 5.74) is -0.0915. The molecule has 0 unspecified atom stereocenters. The standard InChI is InChI=1S/C9H4BrF3S/c10-6-1-4(9(12)13)2-7-5(6)3-8(11)14-7/h1-3,9H. The highest BCUT2D eigenvalue weighted by molar-refractivity contribution is 9.10. The summed E-state index contributed by atoms with van der Waals surface area (Å²) in [4.78, 5) is 0. The fourth-order valence-corrected chi connectivity index (χ4v) is 2.80. The summed E-state index contributed by atoms with van der Waals surface area (Å²) >= 11 is 4.00. The predicted molar refractivity (Wildman–Crippen MR) is 54.4 cm³/mol. The maximum absolute atomic E-state index is 12.8. The van der Waals surface area contributed by atoms with Crippen molar-refractivity contribution in [1.82, 2.24) is 0 Å². The van der Waals surface area contributed by atoms with Gasteiger partial charge < -0.3 is 0 Å². The first-order valence-electron chi connectivity index (χ1n) is 3.74. The Balaban J connectivity index is 2.71. The highest BCUT2D eigenvalue weighted by Gasteiger charge is 2.12. The van der Waals surface area contributed by atoms with E-state index in [0.717, 1.165) is 11.3 Å². The molecule has 0 fully saturated rings. The zero-order chi connectivity index (χ0) is 10.3. The third kappa shape index (κ3) is 1.66. The van der Waals surface area contributed by atoms with Crippen LogP contribution >= 0.6 is 27.3 Å². The molecule has 0 aliphatic rings. The summed E-state index contributed by atoms with van der Waals surface area (Å²) in [6.45, 7) is 0. The van der Waals surface area contributed by atoms with Gasteiger partial charge in [-0.3, -0.25) is 0 Å². The Hall–Kier alpha value is -0.550. The SMILES string of the molecule is Fc1cc2c(Br)cc(C(F)F)cc2s1. The molecular formula is C9H4BrF3S. The molecule has 0 spiro atoms. The molecule has 0 aliphatic heterocycles. The van der Waals surface area contributed by atoms with Crippen LogP contribution in [0.1, 0.15) is 12.0 Å². The zero-order valence-electron chi connectivity index (χ0n) is 6.73. The minimum Gasteiger partial charge on any atom is -0.205 e. The third-order valence-corrected chi connectivity index (χ3v) is 3.36. The highest BCUT2D eigenvalue weighted by Crippen LogP contribution is 2.34. The summed E-state index contributed by atoms with van der Waals surface area (Å²) < 4.78 is 38.6. The van der Waals surface area contributed by atoms with Crippen molar-refractivity contribution in [3.8, 4) is 0 Å². The van der Waals surface area contributed by atoms with Gasteiger partial charge in [-0.05, 0) is 18.2 Å². The second-order valence-electron chi connectivity index (χ2n) is 2.77.